The third-order valence-corrected chi connectivity index (χ3v) is 5.03. The van der Waals surface area contributed by atoms with E-state index in [-0.39, 0.29) is 18.9 Å². The SMILES string of the molecule is COc1ccc(-c2nc(CC(=O)OCC(=O)N(C)c3ccccc3)cs2)cc1. The summed E-state index contributed by atoms with van der Waals surface area (Å²) in [7, 11) is 3.26. The number of para-hydroxylation sites is 1. The van der Waals surface area contributed by atoms with Crippen LogP contribution in [-0.2, 0) is 20.7 Å². The zero-order valence-corrected chi connectivity index (χ0v) is 16.4. The molecule has 0 spiro atoms. The quantitative estimate of drug-likeness (QED) is 0.571. The fourth-order valence-corrected chi connectivity index (χ4v) is 3.31. The molecule has 0 saturated heterocycles. The van der Waals surface area contributed by atoms with Gasteiger partial charge in [-0.25, -0.2) is 4.98 Å². The molecular weight excluding hydrogens is 376 g/mol. The molecule has 0 aliphatic heterocycles. The first-order valence-electron chi connectivity index (χ1n) is 8.63. The zero-order valence-electron chi connectivity index (χ0n) is 15.6. The van der Waals surface area contributed by atoms with Gasteiger partial charge in [0, 0.05) is 23.7 Å². The van der Waals surface area contributed by atoms with Crippen LogP contribution >= 0.6 is 11.3 Å². The molecule has 0 bridgehead atoms. The molecule has 1 heterocycles. The second-order valence-electron chi connectivity index (χ2n) is 6.00. The maximum absolute atomic E-state index is 12.2. The van der Waals surface area contributed by atoms with E-state index in [0.717, 1.165) is 22.0 Å². The number of nitrogens with zero attached hydrogens (tertiary/aromatic N) is 2. The third kappa shape index (κ3) is 4.95. The van der Waals surface area contributed by atoms with Gasteiger partial charge in [-0.2, -0.15) is 0 Å². The molecule has 2 aromatic carbocycles. The summed E-state index contributed by atoms with van der Waals surface area (Å²) in [6, 6.07) is 16.7. The largest absolute Gasteiger partial charge is 0.497 e. The van der Waals surface area contributed by atoms with Gasteiger partial charge in [-0.05, 0) is 36.4 Å². The number of ether oxygens (including phenoxy) is 2. The monoisotopic (exact) mass is 396 g/mol. The van der Waals surface area contributed by atoms with Crippen molar-refractivity contribution in [3.8, 4) is 16.3 Å². The number of esters is 1. The third-order valence-electron chi connectivity index (χ3n) is 4.09. The van der Waals surface area contributed by atoms with Crippen LogP contribution in [0.3, 0.4) is 0 Å². The van der Waals surface area contributed by atoms with E-state index in [4.69, 9.17) is 9.47 Å². The number of aromatic nitrogens is 1. The predicted molar refractivity (Wildman–Crippen MR) is 109 cm³/mol. The lowest BCUT2D eigenvalue weighted by molar-refractivity contribution is -0.147. The molecule has 3 rings (SSSR count). The van der Waals surface area contributed by atoms with Crippen LogP contribution in [0.4, 0.5) is 5.69 Å². The van der Waals surface area contributed by atoms with E-state index in [1.165, 1.54) is 16.2 Å². The number of methoxy groups -OCH3 is 1. The van der Waals surface area contributed by atoms with Crippen molar-refractivity contribution in [2.45, 2.75) is 6.42 Å². The summed E-state index contributed by atoms with van der Waals surface area (Å²) in [5, 5.41) is 2.63. The Morgan fingerprint density at radius 1 is 1.07 bits per heavy atom. The van der Waals surface area contributed by atoms with Gasteiger partial charge in [0.15, 0.2) is 6.61 Å². The Morgan fingerprint density at radius 2 is 1.79 bits per heavy atom. The van der Waals surface area contributed by atoms with E-state index in [1.54, 1.807) is 14.2 Å². The summed E-state index contributed by atoms with van der Waals surface area (Å²) in [6.45, 7) is -0.306. The molecule has 144 valence electrons. The molecule has 0 aliphatic rings. The number of rotatable bonds is 7. The molecule has 0 radical (unpaired) electrons. The van der Waals surface area contributed by atoms with Crippen molar-refractivity contribution in [1.29, 1.82) is 0 Å². The minimum Gasteiger partial charge on any atom is -0.497 e. The second kappa shape index (κ2) is 9.14. The Labute approximate surface area is 167 Å². The van der Waals surface area contributed by atoms with Crippen molar-refractivity contribution < 1.29 is 19.1 Å². The van der Waals surface area contributed by atoms with Gasteiger partial charge in [-0.15, -0.1) is 11.3 Å². The molecule has 1 amide bonds. The Bertz CT molecular complexity index is 939. The Morgan fingerprint density at radius 3 is 2.46 bits per heavy atom. The standard InChI is InChI=1S/C21H20N2O4S/c1-23(17-6-4-3-5-7-17)19(24)13-27-20(25)12-16-14-28-21(22-16)15-8-10-18(26-2)11-9-15/h3-11,14H,12-13H2,1-2H3. The molecule has 0 atom stereocenters. The van der Waals surface area contributed by atoms with Gasteiger partial charge >= 0.3 is 5.97 Å². The maximum atomic E-state index is 12.2. The van der Waals surface area contributed by atoms with Crippen molar-refractivity contribution in [1.82, 2.24) is 4.98 Å². The van der Waals surface area contributed by atoms with Crippen LogP contribution in [0.1, 0.15) is 5.69 Å². The van der Waals surface area contributed by atoms with Gasteiger partial charge < -0.3 is 14.4 Å². The van der Waals surface area contributed by atoms with Crippen LogP contribution in [0.25, 0.3) is 10.6 Å². The number of hydrogen-bond acceptors (Lipinski definition) is 6. The summed E-state index contributed by atoms with van der Waals surface area (Å²) in [5.74, 6) is -0.00705. The lowest BCUT2D eigenvalue weighted by Gasteiger charge is -2.16. The van der Waals surface area contributed by atoms with Gasteiger partial charge in [0.2, 0.25) is 0 Å². The number of thiazole rings is 1. The average Bonchev–Trinajstić information content (AvgIpc) is 3.20. The van der Waals surface area contributed by atoms with Gasteiger partial charge in [0.25, 0.3) is 5.91 Å². The highest BCUT2D eigenvalue weighted by Gasteiger charge is 2.15. The fourth-order valence-electron chi connectivity index (χ4n) is 2.49. The second-order valence-corrected chi connectivity index (χ2v) is 6.86. The van der Waals surface area contributed by atoms with Crippen LogP contribution in [0.5, 0.6) is 5.75 Å². The summed E-state index contributed by atoms with van der Waals surface area (Å²) >= 11 is 1.45. The normalized spacial score (nSPS) is 10.4. The van der Waals surface area contributed by atoms with E-state index in [9.17, 15) is 9.59 Å². The number of anilines is 1. The van der Waals surface area contributed by atoms with Crippen molar-refractivity contribution in [3.63, 3.8) is 0 Å². The molecule has 0 saturated carbocycles. The Hall–Kier alpha value is -3.19. The molecule has 0 N–H and O–H groups in total. The van der Waals surface area contributed by atoms with Crippen LogP contribution in [0.15, 0.2) is 60.0 Å². The first kappa shape index (κ1) is 19.6. The van der Waals surface area contributed by atoms with Crippen LogP contribution < -0.4 is 9.64 Å². The van der Waals surface area contributed by atoms with Crippen molar-refractivity contribution in [2.24, 2.45) is 0 Å². The summed E-state index contributed by atoms with van der Waals surface area (Å²) in [6.07, 6.45) is 0.0228. The number of likely N-dealkylation sites (N-methyl/N-ethyl adjacent to an activating group) is 1. The topological polar surface area (TPSA) is 68.7 Å². The van der Waals surface area contributed by atoms with E-state index in [2.05, 4.69) is 4.98 Å². The fraction of sp³-hybridized carbons (Fsp3) is 0.190. The summed E-state index contributed by atoms with van der Waals surface area (Å²) < 4.78 is 10.3. The van der Waals surface area contributed by atoms with Crippen molar-refractivity contribution in [2.75, 3.05) is 25.7 Å². The minimum atomic E-state index is -0.485. The number of carbonyl (C=O) groups is 2. The Balaban J connectivity index is 1.52. The average molecular weight is 396 g/mol. The highest BCUT2D eigenvalue weighted by atomic mass is 32.1. The van der Waals surface area contributed by atoms with Gasteiger partial charge in [0.05, 0.1) is 19.2 Å². The lowest BCUT2D eigenvalue weighted by Crippen LogP contribution is -2.31. The van der Waals surface area contributed by atoms with Crippen molar-refractivity contribution in [3.05, 3.63) is 65.7 Å². The van der Waals surface area contributed by atoms with E-state index < -0.39 is 5.97 Å². The number of hydrogen-bond donors (Lipinski definition) is 0. The minimum absolute atomic E-state index is 0.0228. The zero-order chi connectivity index (χ0) is 19.9. The first-order chi connectivity index (χ1) is 13.6. The highest BCUT2D eigenvalue weighted by molar-refractivity contribution is 7.13. The first-order valence-corrected chi connectivity index (χ1v) is 9.51. The van der Waals surface area contributed by atoms with Gasteiger partial charge in [-0.3, -0.25) is 9.59 Å². The lowest BCUT2D eigenvalue weighted by atomic mass is 10.2. The molecule has 0 aliphatic carbocycles. The molecule has 6 nitrogen and oxygen atoms in total. The molecule has 3 aromatic rings. The Kier molecular flexibility index (Phi) is 6.39. The number of amides is 1. The summed E-state index contributed by atoms with van der Waals surface area (Å²) in [4.78, 5) is 30.2. The highest BCUT2D eigenvalue weighted by Crippen LogP contribution is 2.26. The summed E-state index contributed by atoms with van der Waals surface area (Å²) in [5.41, 5.74) is 2.31. The van der Waals surface area contributed by atoms with E-state index in [0.29, 0.717) is 5.69 Å². The van der Waals surface area contributed by atoms with Crippen LogP contribution in [0.2, 0.25) is 0 Å². The van der Waals surface area contributed by atoms with Gasteiger partial charge in [0.1, 0.15) is 10.8 Å². The molecule has 28 heavy (non-hydrogen) atoms. The smallest absolute Gasteiger partial charge is 0.312 e. The molecular formula is C21H20N2O4S. The maximum Gasteiger partial charge on any atom is 0.312 e. The van der Waals surface area contributed by atoms with Crippen LogP contribution in [0, 0.1) is 0 Å². The molecule has 1 aromatic heterocycles. The number of benzene rings is 2. The predicted octanol–water partition coefficient (Wildman–Crippen LogP) is 3.57. The molecule has 0 fully saturated rings. The van der Waals surface area contributed by atoms with E-state index in [1.807, 2.05) is 60.0 Å². The van der Waals surface area contributed by atoms with E-state index >= 15 is 0 Å². The van der Waals surface area contributed by atoms with Crippen LogP contribution in [-0.4, -0.2) is 37.6 Å². The van der Waals surface area contributed by atoms with Gasteiger partial charge in [-0.1, -0.05) is 18.2 Å². The van der Waals surface area contributed by atoms with Crippen molar-refractivity contribution >= 4 is 28.9 Å². The number of carbonyl (C=O) groups excluding carboxylic acids is 2. The molecule has 7 heteroatoms. The molecule has 0 unspecified atom stereocenters.